The Morgan fingerprint density at radius 3 is 2.48 bits per heavy atom. The maximum Gasteiger partial charge on any atom is 0.335 e. The van der Waals surface area contributed by atoms with E-state index in [-0.39, 0.29) is 11.5 Å². The van der Waals surface area contributed by atoms with Gasteiger partial charge in [-0.05, 0) is 107 Å². The molecule has 1 aliphatic heterocycles. The molecule has 11 atom stereocenters. The highest BCUT2D eigenvalue weighted by molar-refractivity contribution is 5.73. The molecule has 3 aliphatic carbocycles. The third-order valence-corrected chi connectivity index (χ3v) is 10.7. The van der Waals surface area contributed by atoms with Crippen LogP contribution >= 0.6 is 0 Å². The van der Waals surface area contributed by atoms with Gasteiger partial charge >= 0.3 is 5.97 Å². The van der Waals surface area contributed by atoms with E-state index < -0.39 is 48.4 Å². The first-order valence-electron chi connectivity index (χ1n) is 15.7. The molecule has 0 spiro atoms. The lowest BCUT2D eigenvalue weighted by Crippen LogP contribution is -2.61. The Bertz CT molecular complexity index is 1040. The number of carboxylic acid groups (broad SMARTS) is 1. The fraction of sp³-hybridized carbons (Fsp3) is 0.788. The largest absolute Gasteiger partial charge is 0.479 e. The smallest absolute Gasteiger partial charge is 0.335 e. The molecule has 1 saturated heterocycles. The molecule has 0 bridgehead atoms. The highest BCUT2D eigenvalue weighted by atomic mass is 16.7. The zero-order chi connectivity index (χ0) is 31.0. The number of ether oxygens (including phenoxy) is 2. The van der Waals surface area contributed by atoms with Gasteiger partial charge in [0, 0.05) is 0 Å². The van der Waals surface area contributed by atoms with Crippen LogP contribution in [0.2, 0.25) is 0 Å². The second-order valence-electron chi connectivity index (χ2n) is 14.1. The molecule has 4 aliphatic rings. The van der Waals surface area contributed by atoms with Gasteiger partial charge in [0.15, 0.2) is 12.4 Å². The van der Waals surface area contributed by atoms with Crippen LogP contribution in [0.4, 0.5) is 0 Å². The van der Waals surface area contributed by atoms with Crippen molar-refractivity contribution >= 4 is 5.97 Å². The second-order valence-corrected chi connectivity index (χ2v) is 14.1. The molecule has 42 heavy (non-hydrogen) atoms. The van der Waals surface area contributed by atoms with Crippen molar-refractivity contribution < 1.29 is 44.9 Å². The molecule has 238 valence electrons. The molecule has 0 radical (unpaired) electrons. The first-order valence-corrected chi connectivity index (χ1v) is 15.7. The van der Waals surface area contributed by atoms with Crippen LogP contribution in [0, 0.1) is 23.2 Å². The molecule has 0 aromatic carbocycles. The third kappa shape index (κ3) is 7.04. The van der Waals surface area contributed by atoms with Crippen molar-refractivity contribution in [3.8, 4) is 0 Å². The Morgan fingerprint density at radius 1 is 1.10 bits per heavy atom. The van der Waals surface area contributed by atoms with Gasteiger partial charge in [-0.15, -0.1) is 0 Å². The summed E-state index contributed by atoms with van der Waals surface area (Å²) in [5, 5.41) is 61.1. The lowest BCUT2D eigenvalue weighted by Gasteiger charge is -2.45. The van der Waals surface area contributed by atoms with Crippen LogP contribution in [0.5, 0.6) is 0 Å². The molecule has 9 nitrogen and oxygen atoms in total. The molecule has 9 heteroatoms. The summed E-state index contributed by atoms with van der Waals surface area (Å²) in [6.07, 6.45) is 4.09. The minimum absolute atomic E-state index is 0.161. The van der Waals surface area contributed by atoms with Gasteiger partial charge in [-0.25, -0.2) is 4.79 Å². The third-order valence-electron chi connectivity index (χ3n) is 10.7. The number of rotatable bonds is 9. The van der Waals surface area contributed by atoms with Gasteiger partial charge in [0.05, 0.1) is 17.8 Å². The number of hydrogen-bond donors (Lipinski definition) is 6. The van der Waals surface area contributed by atoms with Gasteiger partial charge in [-0.2, -0.15) is 0 Å². The first kappa shape index (κ1) is 33.3. The summed E-state index contributed by atoms with van der Waals surface area (Å²) in [4.78, 5) is 11.5. The van der Waals surface area contributed by atoms with Crippen LogP contribution in [0.3, 0.4) is 0 Å². The highest BCUT2D eigenvalue weighted by Crippen LogP contribution is 2.60. The number of hydrogen-bond acceptors (Lipinski definition) is 8. The predicted molar refractivity (Wildman–Crippen MR) is 157 cm³/mol. The Morgan fingerprint density at radius 2 is 1.81 bits per heavy atom. The fourth-order valence-electron chi connectivity index (χ4n) is 8.14. The van der Waals surface area contributed by atoms with Gasteiger partial charge in [0.1, 0.15) is 18.3 Å². The van der Waals surface area contributed by atoms with Gasteiger partial charge in [0.2, 0.25) is 0 Å². The van der Waals surface area contributed by atoms with E-state index in [0.717, 1.165) is 62.5 Å². The van der Waals surface area contributed by atoms with E-state index in [1.165, 1.54) is 5.57 Å². The van der Waals surface area contributed by atoms with E-state index in [1.54, 1.807) is 13.8 Å². The van der Waals surface area contributed by atoms with Crippen molar-refractivity contribution in [2.45, 2.75) is 140 Å². The first-order chi connectivity index (χ1) is 19.6. The monoisotopic (exact) mass is 592 g/mol. The summed E-state index contributed by atoms with van der Waals surface area (Å²) in [6.45, 7) is 12.1. The van der Waals surface area contributed by atoms with Gasteiger partial charge < -0.3 is 40.1 Å². The van der Waals surface area contributed by atoms with Crippen molar-refractivity contribution in [3.63, 3.8) is 0 Å². The summed E-state index contributed by atoms with van der Waals surface area (Å²) in [5.74, 6) is -0.156. The molecular weight excluding hydrogens is 540 g/mol. The lowest BCUT2D eigenvalue weighted by atomic mass is 9.60. The Balaban J connectivity index is 1.42. The molecule has 3 saturated carbocycles. The predicted octanol–water partition coefficient (Wildman–Crippen LogP) is 3.62. The number of aliphatic carboxylic acids is 1. The van der Waals surface area contributed by atoms with E-state index in [2.05, 4.69) is 32.6 Å². The van der Waals surface area contributed by atoms with Crippen LogP contribution in [0.25, 0.3) is 0 Å². The summed E-state index contributed by atoms with van der Waals surface area (Å²) >= 11 is 0. The van der Waals surface area contributed by atoms with Crippen LogP contribution < -0.4 is 0 Å². The molecule has 1 heterocycles. The van der Waals surface area contributed by atoms with Gasteiger partial charge in [-0.3, -0.25) is 0 Å². The van der Waals surface area contributed by atoms with E-state index >= 15 is 0 Å². The SMILES string of the molecule is C=C1CC[C@H](O)C/C1=C/C=C1\CCC[C@]2(C)[C@@H]([C@H](C)CC[C@@H](O[C@@H]3O[C@H](C(=O)O)[C@@H](O)[C@H](O)[C@H]3O)C(C)(C)O)CC[C@@H]12. The number of fused-ring (bicyclic) bond motifs is 1. The summed E-state index contributed by atoms with van der Waals surface area (Å²) in [6, 6.07) is 0. The van der Waals surface area contributed by atoms with Gasteiger partial charge in [0.25, 0.3) is 0 Å². The van der Waals surface area contributed by atoms with Crippen molar-refractivity contribution in [3.05, 3.63) is 35.5 Å². The van der Waals surface area contributed by atoms with Crippen molar-refractivity contribution in [1.82, 2.24) is 0 Å². The molecule has 0 aromatic rings. The van der Waals surface area contributed by atoms with Crippen molar-refractivity contribution in [2.24, 2.45) is 23.2 Å². The highest BCUT2D eigenvalue weighted by Gasteiger charge is 2.51. The zero-order valence-corrected chi connectivity index (χ0v) is 25.6. The molecule has 0 unspecified atom stereocenters. The van der Waals surface area contributed by atoms with Crippen molar-refractivity contribution in [1.29, 1.82) is 0 Å². The molecule has 0 aromatic heterocycles. The number of allylic oxidation sites excluding steroid dienone is 4. The average Bonchev–Trinajstić information content (AvgIpc) is 3.27. The standard InChI is InChI=1S/C33H52O9/c1-18-8-12-22(34)17-21(18)11-10-20-7-6-16-33(5)23(13-14-24(20)33)19(2)9-15-25(32(3,4)40)41-31-28(37)26(35)27(36)29(42-31)30(38)39/h10-11,19,22-29,31,34-37,40H,1,6-9,12-17H2,2-5H3,(H,38,39)/b20-10+,21-11-/t19-,22+,23-,24+,25-,26+,27+,28-,29+,31-,33-/m1/s1. The minimum Gasteiger partial charge on any atom is -0.479 e. The number of carbonyl (C=O) groups is 1. The Kier molecular flexibility index (Phi) is 10.5. The maximum absolute atomic E-state index is 11.5. The molecule has 4 fully saturated rings. The van der Waals surface area contributed by atoms with Crippen LogP contribution in [0.15, 0.2) is 35.5 Å². The van der Waals surface area contributed by atoms with Gasteiger partial charge in [-0.1, -0.05) is 43.7 Å². The Hall–Kier alpha value is -1.59. The van der Waals surface area contributed by atoms with Crippen LogP contribution in [0.1, 0.15) is 91.9 Å². The van der Waals surface area contributed by atoms with Crippen LogP contribution in [-0.2, 0) is 14.3 Å². The molecular formula is C33H52O9. The summed E-state index contributed by atoms with van der Waals surface area (Å²) in [5.41, 5.74) is 2.63. The number of carboxylic acids is 1. The quantitative estimate of drug-likeness (QED) is 0.235. The maximum atomic E-state index is 11.5. The topological polar surface area (TPSA) is 157 Å². The van der Waals surface area contributed by atoms with Crippen LogP contribution in [-0.4, -0.2) is 85.1 Å². The lowest BCUT2D eigenvalue weighted by molar-refractivity contribution is -0.315. The minimum atomic E-state index is -1.80. The van der Waals surface area contributed by atoms with E-state index in [9.17, 15) is 35.4 Å². The molecule has 6 N–H and O–H groups in total. The fourth-order valence-corrected chi connectivity index (χ4v) is 8.14. The van der Waals surface area contributed by atoms with E-state index in [4.69, 9.17) is 9.47 Å². The van der Waals surface area contributed by atoms with E-state index in [1.807, 2.05) is 0 Å². The number of aliphatic hydroxyl groups is 5. The van der Waals surface area contributed by atoms with Crippen molar-refractivity contribution in [2.75, 3.05) is 0 Å². The average molecular weight is 593 g/mol. The molecule has 4 rings (SSSR count). The number of aliphatic hydroxyl groups excluding tert-OH is 4. The normalized spacial score (nSPS) is 41.1. The summed E-state index contributed by atoms with van der Waals surface area (Å²) < 4.78 is 11.3. The summed E-state index contributed by atoms with van der Waals surface area (Å²) in [7, 11) is 0. The second kappa shape index (κ2) is 13.2. The molecule has 0 amide bonds. The zero-order valence-electron chi connectivity index (χ0n) is 25.6. The Labute approximate surface area is 249 Å². The van der Waals surface area contributed by atoms with E-state index in [0.29, 0.717) is 30.6 Å².